The number of urea groups is 1. The second-order valence-electron chi connectivity index (χ2n) is 5.65. The van der Waals surface area contributed by atoms with Crippen LogP contribution in [0.4, 0.5) is 10.5 Å². The molecule has 0 saturated carbocycles. The quantitative estimate of drug-likeness (QED) is 0.753. The van der Waals surface area contributed by atoms with Crippen LogP contribution >= 0.6 is 0 Å². The van der Waals surface area contributed by atoms with Gasteiger partial charge in [0.05, 0.1) is 0 Å². The normalized spacial score (nSPS) is 11.8. The first-order chi connectivity index (χ1) is 9.79. The fourth-order valence-electron chi connectivity index (χ4n) is 2.27. The first kappa shape index (κ1) is 17.0. The van der Waals surface area contributed by atoms with E-state index in [0.717, 1.165) is 16.8 Å². The van der Waals surface area contributed by atoms with Crippen molar-refractivity contribution in [3.05, 3.63) is 28.8 Å². The number of aryl methyl sites for hydroxylation is 3. The molecule has 0 saturated heterocycles. The maximum atomic E-state index is 11.9. The summed E-state index contributed by atoms with van der Waals surface area (Å²) in [6.45, 7) is 8.33. The zero-order valence-electron chi connectivity index (χ0n) is 13.1. The molecule has 0 aliphatic heterocycles. The number of benzene rings is 1. The number of carboxylic acids is 1. The van der Waals surface area contributed by atoms with Gasteiger partial charge in [0.25, 0.3) is 0 Å². The lowest BCUT2D eigenvalue weighted by Crippen LogP contribution is -2.33. The molecule has 3 N–H and O–H groups in total. The number of anilines is 1. The van der Waals surface area contributed by atoms with Gasteiger partial charge in [-0.3, -0.25) is 4.79 Å². The van der Waals surface area contributed by atoms with Gasteiger partial charge in [-0.05, 0) is 44.2 Å². The summed E-state index contributed by atoms with van der Waals surface area (Å²) in [6, 6.07) is 3.79. The maximum Gasteiger partial charge on any atom is 0.319 e. The van der Waals surface area contributed by atoms with E-state index < -0.39 is 5.97 Å². The van der Waals surface area contributed by atoms with E-state index in [1.807, 2.05) is 39.8 Å². The molecule has 0 aromatic heterocycles. The predicted molar refractivity (Wildman–Crippen MR) is 83.7 cm³/mol. The molecule has 0 aliphatic rings. The van der Waals surface area contributed by atoms with Gasteiger partial charge in [0, 0.05) is 18.7 Å². The van der Waals surface area contributed by atoms with Crippen molar-refractivity contribution in [2.24, 2.45) is 5.92 Å². The molecule has 5 nitrogen and oxygen atoms in total. The highest BCUT2D eigenvalue weighted by molar-refractivity contribution is 5.91. The van der Waals surface area contributed by atoms with Gasteiger partial charge in [0.2, 0.25) is 0 Å². The van der Waals surface area contributed by atoms with Crippen molar-refractivity contribution in [1.82, 2.24) is 5.32 Å². The van der Waals surface area contributed by atoms with Crippen LogP contribution in [0, 0.1) is 26.7 Å². The molecule has 2 amide bonds. The number of hydrogen-bond donors (Lipinski definition) is 3. The highest BCUT2D eigenvalue weighted by atomic mass is 16.4. The first-order valence-corrected chi connectivity index (χ1v) is 7.14. The van der Waals surface area contributed by atoms with Crippen LogP contribution in [0.3, 0.4) is 0 Å². The summed E-state index contributed by atoms with van der Waals surface area (Å²) in [5, 5.41) is 14.3. The van der Waals surface area contributed by atoms with Crippen LogP contribution in [0.1, 0.15) is 36.5 Å². The zero-order valence-corrected chi connectivity index (χ0v) is 13.1. The summed E-state index contributed by atoms with van der Waals surface area (Å²) in [7, 11) is 0. The molecule has 0 heterocycles. The monoisotopic (exact) mass is 292 g/mol. The van der Waals surface area contributed by atoms with E-state index in [1.165, 1.54) is 5.56 Å². The summed E-state index contributed by atoms with van der Waals surface area (Å²) in [5.41, 5.74) is 4.05. The molecule has 1 aromatic rings. The molecule has 1 aromatic carbocycles. The average molecular weight is 292 g/mol. The minimum atomic E-state index is -0.808. The van der Waals surface area contributed by atoms with E-state index in [9.17, 15) is 9.59 Å². The second kappa shape index (κ2) is 7.67. The number of aliphatic carboxylic acids is 1. The van der Waals surface area contributed by atoms with Crippen molar-refractivity contribution in [3.63, 3.8) is 0 Å². The molecule has 5 heteroatoms. The topological polar surface area (TPSA) is 78.4 Å². The fraction of sp³-hybridized carbons (Fsp3) is 0.500. The number of hydrogen-bond acceptors (Lipinski definition) is 2. The third-order valence-corrected chi connectivity index (χ3v) is 3.38. The maximum absolute atomic E-state index is 11.9. The summed E-state index contributed by atoms with van der Waals surface area (Å²) < 4.78 is 0. The smallest absolute Gasteiger partial charge is 0.319 e. The van der Waals surface area contributed by atoms with Crippen molar-refractivity contribution in [3.8, 4) is 0 Å². The number of carboxylic acid groups (broad SMARTS) is 1. The summed E-state index contributed by atoms with van der Waals surface area (Å²) in [5.74, 6) is -0.677. The standard InChI is InChI=1S/C16H24N2O3/c1-10(5-6-14(19)20)9-17-16(21)18-15-12(3)7-11(2)8-13(15)4/h7-8,10H,5-6,9H2,1-4H3,(H,19,20)(H2,17,18,21). The Labute approximate surface area is 125 Å². The van der Waals surface area contributed by atoms with Crippen LogP contribution in [0.15, 0.2) is 12.1 Å². The van der Waals surface area contributed by atoms with Crippen molar-refractivity contribution >= 4 is 17.7 Å². The lowest BCUT2D eigenvalue weighted by molar-refractivity contribution is -0.137. The summed E-state index contributed by atoms with van der Waals surface area (Å²) >= 11 is 0. The number of nitrogens with one attached hydrogen (secondary N) is 2. The Morgan fingerprint density at radius 1 is 1.19 bits per heavy atom. The Hall–Kier alpha value is -2.04. The van der Waals surface area contributed by atoms with Gasteiger partial charge in [-0.2, -0.15) is 0 Å². The van der Waals surface area contributed by atoms with E-state index in [2.05, 4.69) is 10.6 Å². The highest BCUT2D eigenvalue weighted by Gasteiger charge is 2.10. The molecular weight excluding hydrogens is 268 g/mol. The molecule has 0 bridgehead atoms. The van der Waals surface area contributed by atoms with Gasteiger partial charge in [-0.1, -0.05) is 24.6 Å². The Morgan fingerprint density at radius 3 is 2.29 bits per heavy atom. The zero-order chi connectivity index (χ0) is 16.0. The molecular formula is C16H24N2O3. The Kier molecular flexibility index (Phi) is 6.21. The van der Waals surface area contributed by atoms with Gasteiger partial charge in [-0.25, -0.2) is 4.79 Å². The molecule has 1 atom stereocenters. The van der Waals surface area contributed by atoms with Gasteiger partial charge < -0.3 is 15.7 Å². The van der Waals surface area contributed by atoms with Crippen LogP contribution in [0.25, 0.3) is 0 Å². The number of carbonyl (C=O) groups excluding carboxylic acids is 1. The second-order valence-corrected chi connectivity index (χ2v) is 5.65. The van der Waals surface area contributed by atoms with Crippen molar-refractivity contribution in [2.75, 3.05) is 11.9 Å². The molecule has 0 aliphatic carbocycles. The van der Waals surface area contributed by atoms with Crippen LogP contribution < -0.4 is 10.6 Å². The van der Waals surface area contributed by atoms with E-state index in [4.69, 9.17) is 5.11 Å². The lowest BCUT2D eigenvalue weighted by atomic mass is 10.1. The summed E-state index contributed by atoms with van der Waals surface area (Å²) in [6.07, 6.45) is 0.679. The fourth-order valence-corrected chi connectivity index (χ4v) is 2.27. The van der Waals surface area contributed by atoms with Gasteiger partial charge in [0.1, 0.15) is 0 Å². The molecule has 21 heavy (non-hydrogen) atoms. The van der Waals surface area contributed by atoms with Gasteiger partial charge in [-0.15, -0.1) is 0 Å². The average Bonchev–Trinajstić information content (AvgIpc) is 2.38. The SMILES string of the molecule is Cc1cc(C)c(NC(=O)NCC(C)CCC(=O)O)c(C)c1. The van der Waals surface area contributed by atoms with E-state index in [1.54, 1.807) is 0 Å². The van der Waals surface area contributed by atoms with Crippen molar-refractivity contribution in [1.29, 1.82) is 0 Å². The van der Waals surface area contributed by atoms with Gasteiger partial charge in [0.15, 0.2) is 0 Å². The lowest BCUT2D eigenvalue weighted by Gasteiger charge is -2.15. The third-order valence-electron chi connectivity index (χ3n) is 3.38. The highest BCUT2D eigenvalue weighted by Crippen LogP contribution is 2.21. The minimum Gasteiger partial charge on any atom is -0.481 e. The van der Waals surface area contributed by atoms with Crippen molar-refractivity contribution in [2.45, 2.75) is 40.5 Å². The number of carbonyl (C=O) groups is 2. The van der Waals surface area contributed by atoms with Crippen LogP contribution in [0.2, 0.25) is 0 Å². The third kappa shape index (κ3) is 5.85. The number of rotatable bonds is 6. The molecule has 0 spiro atoms. The Morgan fingerprint density at radius 2 is 1.76 bits per heavy atom. The largest absolute Gasteiger partial charge is 0.481 e. The van der Waals surface area contributed by atoms with E-state index in [0.29, 0.717) is 13.0 Å². The molecule has 116 valence electrons. The molecule has 0 radical (unpaired) electrons. The van der Waals surface area contributed by atoms with E-state index in [-0.39, 0.29) is 18.4 Å². The molecule has 1 rings (SSSR count). The molecule has 1 unspecified atom stereocenters. The number of amides is 2. The first-order valence-electron chi connectivity index (χ1n) is 7.14. The minimum absolute atomic E-state index is 0.126. The Balaban J connectivity index is 2.49. The van der Waals surface area contributed by atoms with E-state index >= 15 is 0 Å². The summed E-state index contributed by atoms with van der Waals surface area (Å²) in [4.78, 5) is 22.4. The van der Waals surface area contributed by atoms with Crippen LogP contribution in [-0.4, -0.2) is 23.7 Å². The van der Waals surface area contributed by atoms with Crippen LogP contribution in [-0.2, 0) is 4.79 Å². The Bertz CT molecular complexity index is 503. The van der Waals surface area contributed by atoms with Crippen LogP contribution in [0.5, 0.6) is 0 Å². The van der Waals surface area contributed by atoms with Gasteiger partial charge >= 0.3 is 12.0 Å². The predicted octanol–water partition coefficient (Wildman–Crippen LogP) is 3.23. The van der Waals surface area contributed by atoms with Crippen molar-refractivity contribution < 1.29 is 14.7 Å². The molecule has 0 fully saturated rings.